The van der Waals surface area contributed by atoms with Crippen LogP contribution in [0.1, 0.15) is 15.9 Å². The SMILES string of the molecule is Cc1cc(C(=O)Nc2ccc(S(=O)(=O)Nc3ncccn3)cc2)ccc1N(C)C. The third-order valence-corrected chi connectivity index (χ3v) is 5.50. The second-order valence-electron chi connectivity index (χ2n) is 6.55. The number of anilines is 3. The molecule has 3 aromatic rings. The van der Waals surface area contributed by atoms with Crippen molar-refractivity contribution in [1.29, 1.82) is 0 Å². The summed E-state index contributed by atoms with van der Waals surface area (Å²) < 4.78 is 27.1. The highest BCUT2D eigenvalue weighted by Crippen LogP contribution is 2.21. The van der Waals surface area contributed by atoms with Gasteiger partial charge in [0.05, 0.1) is 4.90 Å². The van der Waals surface area contributed by atoms with Gasteiger partial charge in [0.2, 0.25) is 5.95 Å². The van der Waals surface area contributed by atoms with Gasteiger partial charge in [0.25, 0.3) is 15.9 Å². The van der Waals surface area contributed by atoms with Crippen molar-refractivity contribution in [3.63, 3.8) is 0 Å². The number of hydrogen-bond acceptors (Lipinski definition) is 6. The van der Waals surface area contributed by atoms with Crippen molar-refractivity contribution < 1.29 is 13.2 Å². The summed E-state index contributed by atoms with van der Waals surface area (Å²) in [6.07, 6.45) is 2.88. The predicted octanol–water partition coefficient (Wildman–Crippen LogP) is 2.90. The minimum absolute atomic E-state index is 0.0126. The van der Waals surface area contributed by atoms with Crippen molar-refractivity contribution >= 4 is 33.3 Å². The zero-order chi connectivity index (χ0) is 21.0. The molecule has 0 atom stereocenters. The van der Waals surface area contributed by atoms with Crippen LogP contribution in [0.25, 0.3) is 0 Å². The Morgan fingerprint density at radius 2 is 1.66 bits per heavy atom. The highest BCUT2D eigenvalue weighted by atomic mass is 32.2. The quantitative estimate of drug-likeness (QED) is 0.646. The van der Waals surface area contributed by atoms with E-state index in [0.717, 1.165) is 11.3 Å². The number of rotatable bonds is 6. The van der Waals surface area contributed by atoms with E-state index in [1.54, 1.807) is 12.1 Å². The molecule has 0 fully saturated rings. The summed E-state index contributed by atoms with van der Waals surface area (Å²) in [5, 5.41) is 2.77. The van der Waals surface area contributed by atoms with Crippen molar-refractivity contribution in [2.24, 2.45) is 0 Å². The fraction of sp³-hybridized carbons (Fsp3) is 0.150. The second-order valence-corrected chi connectivity index (χ2v) is 8.23. The van der Waals surface area contributed by atoms with E-state index in [1.165, 1.54) is 36.7 Å². The molecule has 29 heavy (non-hydrogen) atoms. The molecule has 1 heterocycles. The smallest absolute Gasteiger partial charge is 0.264 e. The maximum Gasteiger partial charge on any atom is 0.264 e. The first-order valence-electron chi connectivity index (χ1n) is 8.75. The lowest BCUT2D eigenvalue weighted by Crippen LogP contribution is -2.16. The maximum absolute atomic E-state index is 12.5. The number of aromatic nitrogens is 2. The van der Waals surface area contributed by atoms with Crippen LogP contribution in [0.3, 0.4) is 0 Å². The van der Waals surface area contributed by atoms with Crippen molar-refractivity contribution in [3.8, 4) is 0 Å². The fourth-order valence-corrected chi connectivity index (χ4v) is 3.71. The third kappa shape index (κ3) is 4.88. The zero-order valence-electron chi connectivity index (χ0n) is 16.2. The number of nitrogens with zero attached hydrogens (tertiary/aromatic N) is 3. The topological polar surface area (TPSA) is 104 Å². The lowest BCUT2D eigenvalue weighted by Gasteiger charge is -2.16. The van der Waals surface area contributed by atoms with Crippen LogP contribution in [0.4, 0.5) is 17.3 Å². The molecule has 0 aliphatic heterocycles. The van der Waals surface area contributed by atoms with Gasteiger partial charge in [0.15, 0.2) is 0 Å². The molecule has 3 rings (SSSR count). The molecule has 0 saturated heterocycles. The summed E-state index contributed by atoms with van der Waals surface area (Å²) >= 11 is 0. The van der Waals surface area contributed by atoms with E-state index in [0.29, 0.717) is 11.3 Å². The van der Waals surface area contributed by atoms with Gasteiger partial charge in [-0.05, 0) is 61.0 Å². The van der Waals surface area contributed by atoms with Crippen LogP contribution in [0.5, 0.6) is 0 Å². The Balaban J connectivity index is 1.72. The number of carbonyl (C=O) groups excluding carboxylic acids is 1. The second kappa shape index (κ2) is 8.27. The maximum atomic E-state index is 12.5. The van der Waals surface area contributed by atoms with E-state index in [9.17, 15) is 13.2 Å². The van der Waals surface area contributed by atoms with Gasteiger partial charge in [-0.3, -0.25) is 4.79 Å². The lowest BCUT2D eigenvalue weighted by atomic mass is 10.1. The molecule has 2 aromatic carbocycles. The summed E-state index contributed by atoms with van der Waals surface area (Å²) in [7, 11) is 0.0602. The number of amides is 1. The third-order valence-electron chi connectivity index (χ3n) is 4.15. The minimum Gasteiger partial charge on any atom is -0.377 e. The summed E-state index contributed by atoms with van der Waals surface area (Å²) in [6.45, 7) is 1.94. The van der Waals surface area contributed by atoms with Crippen LogP contribution in [-0.2, 0) is 10.0 Å². The van der Waals surface area contributed by atoms with Gasteiger partial charge in [0.1, 0.15) is 0 Å². The first-order chi connectivity index (χ1) is 13.8. The van der Waals surface area contributed by atoms with Crippen molar-refractivity contribution in [3.05, 3.63) is 72.1 Å². The van der Waals surface area contributed by atoms with Crippen LogP contribution in [0.15, 0.2) is 65.8 Å². The average molecular weight is 411 g/mol. The molecular weight excluding hydrogens is 390 g/mol. The van der Waals surface area contributed by atoms with Gasteiger partial charge in [0, 0.05) is 43.4 Å². The van der Waals surface area contributed by atoms with Gasteiger partial charge in [-0.25, -0.2) is 23.1 Å². The summed E-state index contributed by atoms with van der Waals surface area (Å²) in [6, 6.07) is 12.9. The van der Waals surface area contributed by atoms with Gasteiger partial charge in [-0.2, -0.15) is 0 Å². The van der Waals surface area contributed by atoms with Crippen LogP contribution >= 0.6 is 0 Å². The number of sulfonamides is 1. The monoisotopic (exact) mass is 411 g/mol. The molecule has 1 aromatic heterocycles. The molecule has 0 bridgehead atoms. The molecule has 2 N–H and O–H groups in total. The fourth-order valence-electron chi connectivity index (χ4n) is 2.75. The summed E-state index contributed by atoms with van der Waals surface area (Å²) in [5.74, 6) is -0.286. The largest absolute Gasteiger partial charge is 0.377 e. The standard InChI is InChI=1S/C20H21N5O3S/c1-14-13-15(5-10-18(14)25(2)3)19(26)23-16-6-8-17(9-7-16)29(27,28)24-20-21-11-4-12-22-20/h4-13H,1-3H3,(H,23,26)(H,21,22,24). The Morgan fingerprint density at radius 1 is 1.00 bits per heavy atom. The van der Waals surface area contributed by atoms with E-state index in [2.05, 4.69) is 20.0 Å². The molecule has 0 aliphatic carbocycles. The minimum atomic E-state index is -3.82. The van der Waals surface area contributed by atoms with E-state index in [4.69, 9.17) is 0 Å². The molecule has 1 amide bonds. The average Bonchev–Trinajstić information content (AvgIpc) is 2.68. The normalized spacial score (nSPS) is 11.0. The number of hydrogen-bond donors (Lipinski definition) is 2. The molecule has 150 valence electrons. The zero-order valence-corrected chi connectivity index (χ0v) is 17.1. The Hall–Kier alpha value is -3.46. The highest BCUT2D eigenvalue weighted by molar-refractivity contribution is 7.92. The van der Waals surface area contributed by atoms with Gasteiger partial charge in [-0.1, -0.05) is 0 Å². The number of nitrogens with one attached hydrogen (secondary N) is 2. The van der Waals surface area contributed by atoms with E-state index >= 15 is 0 Å². The molecule has 9 heteroatoms. The van der Waals surface area contributed by atoms with Crippen LogP contribution in [0, 0.1) is 6.92 Å². The molecule has 0 saturated carbocycles. The Kier molecular flexibility index (Phi) is 5.79. The summed E-state index contributed by atoms with van der Waals surface area (Å²) in [5.41, 5.74) is 3.02. The van der Waals surface area contributed by atoms with E-state index < -0.39 is 10.0 Å². The number of benzene rings is 2. The molecule has 0 aliphatic rings. The Bertz CT molecular complexity index is 1110. The Morgan fingerprint density at radius 3 is 2.24 bits per heavy atom. The first kappa shape index (κ1) is 20.3. The van der Waals surface area contributed by atoms with Crippen molar-refractivity contribution in [1.82, 2.24) is 9.97 Å². The number of aryl methyl sites for hydroxylation is 1. The highest BCUT2D eigenvalue weighted by Gasteiger charge is 2.16. The lowest BCUT2D eigenvalue weighted by molar-refractivity contribution is 0.102. The van der Waals surface area contributed by atoms with Crippen molar-refractivity contribution in [2.45, 2.75) is 11.8 Å². The van der Waals surface area contributed by atoms with E-state index in [1.807, 2.05) is 38.1 Å². The van der Waals surface area contributed by atoms with Gasteiger partial charge < -0.3 is 10.2 Å². The predicted molar refractivity (Wildman–Crippen MR) is 113 cm³/mol. The first-order valence-corrected chi connectivity index (χ1v) is 10.2. The van der Waals surface area contributed by atoms with Crippen LogP contribution < -0.4 is 14.9 Å². The van der Waals surface area contributed by atoms with Crippen LogP contribution in [-0.4, -0.2) is 38.4 Å². The van der Waals surface area contributed by atoms with E-state index in [-0.39, 0.29) is 16.8 Å². The Labute approximate surface area is 169 Å². The molecular formula is C20H21N5O3S. The summed E-state index contributed by atoms with van der Waals surface area (Å²) in [4.78, 5) is 22.2. The molecule has 0 spiro atoms. The number of carbonyl (C=O) groups is 1. The molecule has 8 nitrogen and oxygen atoms in total. The molecule has 0 radical (unpaired) electrons. The van der Waals surface area contributed by atoms with Crippen molar-refractivity contribution in [2.75, 3.05) is 29.0 Å². The van der Waals surface area contributed by atoms with Gasteiger partial charge >= 0.3 is 0 Å². The molecule has 0 unspecified atom stereocenters. The van der Waals surface area contributed by atoms with Gasteiger partial charge in [-0.15, -0.1) is 0 Å². The van der Waals surface area contributed by atoms with Crippen LogP contribution in [0.2, 0.25) is 0 Å².